The molecule has 4 heterocycles. The van der Waals surface area contributed by atoms with E-state index in [2.05, 4.69) is 25.3 Å². The van der Waals surface area contributed by atoms with Crippen LogP contribution < -0.4 is 11.1 Å². The van der Waals surface area contributed by atoms with Crippen LogP contribution in [0, 0.1) is 0 Å². The number of thioether (sulfide) groups is 1. The van der Waals surface area contributed by atoms with Gasteiger partial charge in [-0.25, -0.2) is 23.2 Å². The van der Waals surface area contributed by atoms with E-state index in [9.17, 15) is 27.9 Å². The number of nitrogens with two attached hydrogens (primary N) is 1. The summed E-state index contributed by atoms with van der Waals surface area (Å²) in [6.45, 7) is 0. The van der Waals surface area contributed by atoms with Gasteiger partial charge in [0.1, 0.15) is 24.5 Å². The van der Waals surface area contributed by atoms with E-state index < -0.39 is 50.5 Å². The molecule has 4 rings (SSSR count). The number of sulfone groups is 1. The molecule has 2 amide bonds. The van der Waals surface area contributed by atoms with Gasteiger partial charge in [0.2, 0.25) is 0 Å². The Morgan fingerprint density at radius 1 is 1.43 bits per heavy atom. The molecule has 35 heavy (non-hydrogen) atoms. The molecule has 2 atom stereocenters. The third-order valence-corrected chi connectivity index (χ3v) is 8.72. The van der Waals surface area contributed by atoms with Gasteiger partial charge in [-0.3, -0.25) is 14.5 Å². The number of pyridine rings is 1. The molecule has 184 valence electrons. The van der Waals surface area contributed by atoms with Crippen molar-refractivity contribution in [3.05, 3.63) is 46.7 Å². The van der Waals surface area contributed by atoms with Crippen molar-refractivity contribution < 1.29 is 32.7 Å². The average molecular weight is 539 g/mol. The Labute approximate surface area is 207 Å². The maximum atomic E-state index is 13.1. The van der Waals surface area contributed by atoms with Gasteiger partial charge in [-0.05, 0) is 17.7 Å². The third-order valence-electron chi connectivity index (χ3n) is 5.05. The molecule has 0 aromatic carbocycles. The highest BCUT2D eigenvalue weighted by Crippen LogP contribution is 2.38. The summed E-state index contributed by atoms with van der Waals surface area (Å²) in [5.41, 5.74) is 4.98. The largest absolute Gasteiger partial charge is 0.477 e. The lowest BCUT2D eigenvalue weighted by Crippen LogP contribution is -2.75. The number of carbonyl (C=O) groups is 3. The zero-order valence-corrected chi connectivity index (χ0v) is 20.4. The number of rotatable bonds is 8. The van der Waals surface area contributed by atoms with Crippen molar-refractivity contribution in [3.63, 3.8) is 0 Å². The topological polar surface area (TPSA) is 194 Å². The monoisotopic (exact) mass is 538 g/mol. The number of fused-ring (bicyclic) bond motifs is 1. The smallest absolute Gasteiger partial charge is 0.352 e. The molecule has 1 saturated heterocycles. The highest BCUT2D eigenvalue weighted by molar-refractivity contribution is 7.99. The number of hydrogen-bond acceptors (Lipinski definition) is 12. The van der Waals surface area contributed by atoms with Crippen LogP contribution in [0.15, 0.2) is 51.2 Å². The summed E-state index contributed by atoms with van der Waals surface area (Å²) in [6, 6.07) is 3.63. The predicted octanol–water partition coefficient (Wildman–Crippen LogP) is -0.317. The first-order valence-corrected chi connectivity index (χ1v) is 13.4. The summed E-state index contributed by atoms with van der Waals surface area (Å²) in [6.07, 6.45) is 1.55. The number of hydrogen-bond donors (Lipinski definition) is 3. The second-order valence-electron chi connectivity index (χ2n) is 7.26. The number of aromatic nitrogens is 2. The summed E-state index contributed by atoms with van der Waals surface area (Å²) >= 11 is 2.19. The Hall–Kier alpha value is -3.50. The molecule has 13 nitrogen and oxygen atoms in total. The normalized spacial score (nSPS) is 21.2. The zero-order chi connectivity index (χ0) is 25.3. The van der Waals surface area contributed by atoms with Crippen LogP contribution in [0.3, 0.4) is 0 Å². The fraction of sp³-hybridized carbons (Fsp3) is 0.263. The first-order chi connectivity index (χ1) is 16.6. The van der Waals surface area contributed by atoms with Crippen LogP contribution in [0.1, 0.15) is 5.69 Å². The Morgan fingerprint density at radius 3 is 2.80 bits per heavy atom. The van der Waals surface area contributed by atoms with Gasteiger partial charge in [-0.1, -0.05) is 11.2 Å². The Kier molecular flexibility index (Phi) is 6.77. The number of carboxylic acid groups (broad SMARTS) is 1. The van der Waals surface area contributed by atoms with Crippen LogP contribution >= 0.6 is 23.1 Å². The zero-order valence-electron chi connectivity index (χ0n) is 17.9. The molecule has 2 aromatic rings. The van der Waals surface area contributed by atoms with E-state index in [1.807, 2.05) is 0 Å². The van der Waals surface area contributed by atoms with Crippen molar-refractivity contribution in [1.82, 2.24) is 20.2 Å². The highest BCUT2D eigenvalue weighted by atomic mass is 32.2. The molecule has 2 aliphatic rings. The molecule has 0 radical (unpaired) electrons. The molecular weight excluding hydrogens is 520 g/mol. The molecule has 16 heteroatoms. The van der Waals surface area contributed by atoms with E-state index in [0.29, 0.717) is 9.93 Å². The van der Waals surface area contributed by atoms with Gasteiger partial charge in [-0.15, -0.1) is 23.1 Å². The van der Waals surface area contributed by atoms with Crippen LogP contribution in [0.4, 0.5) is 5.13 Å². The summed E-state index contributed by atoms with van der Waals surface area (Å²) in [7, 11) is -2.85. The lowest BCUT2D eigenvalue weighted by Gasteiger charge is -2.49. The van der Waals surface area contributed by atoms with Crippen molar-refractivity contribution in [2.75, 3.05) is 24.3 Å². The summed E-state index contributed by atoms with van der Waals surface area (Å²) in [4.78, 5) is 51.2. The fourth-order valence-electron chi connectivity index (χ4n) is 3.63. The molecule has 4 N–H and O–H groups in total. The number of nitrogen functional groups attached to an aromatic ring is 1. The second kappa shape index (κ2) is 9.63. The first-order valence-electron chi connectivity index (χ1n) is 9.81. The summed E-state index contributed by atoms with van der Waals surface area (Å²) in [5.74, 6) is -3.83. The van der Waals surface area contributed by atoms with E-state index in [4.69, 9.17) is 5.73 Å². The minimum absolute atomic E-state index is 0.00128. The second-order valence-corrected chi connectivity index (χ2v) is 11.2. The van der Waals surface area contributed by atoms with Gasteiger partial charge in [0.15, 0.2) is 26.1 Å². The number of amides is 2. The molecule has 0 saturated carbocycles. The van der Waals surface area contributed by atoms with Gasteiger partial charge in [0.05, 0.1) is 10.8 Å². The predicted molar refractivity (Wildman–Crippen MR) is 126 cm³/mol. The molecule has 0 spiro atoms. The SMILES string of the molecule is CON=C(C(=O)NC1C(=O)N2C(C(=O)O)=C(CSc3ccccn3)CS(=O)(=O)[C@H]12)c1csc(N)n1. The minimum Gasteiger partial charge on any atom is -0.477 e. The van der Waals surface area contributed by atoms with E-state index in [1.54, 1.807) is 24.4 Å². The maximum Gasteiger partial charge on any atom is 0.352 e. The number of nitrogens with one attached hydrogen (secondary N) is 1. The fourth-order valence-corrected chi connectivity index (χ4v) is 7.20. The van der Waals surface area contributed by atoms with Crippen LogP contribution in [0.25, 0.3) is 0 Å². The molecule has 1 fully saturated rings. The van der Waals surface area contributed by atoms with Crippen LogP contribution in [0.5, 0.6) is 0 Å². The maximum absolute atomic E-state index is 13.1. The number of carbonyl (C=O) groups excluding carboxylic acids is 2. The number of anilines is 1. The van der Waals surface area contributed by atoms with Crippen LogP contribution in [-0.4, -0.2) is 81.9 Å². The van der Waals surface area contributed by atoms with Crippen molar-refractivity contribution in [2.24, 2.45) is 5.16 Å². The minimum atomic E-state index is -4.04. The number of β-lactam (4-membered cyclic amide) rings is 1. The van der Waals surface area contributed by atoms with Crippen molar-refractivity contribution >= 4 is 61.6 Å². The molecular formula is C19H18N6O7S3. The van der Waals surface area contributed by atoms with Gasteiger partial charge >= 0.3 is 5.97 Å². The first kappa shape index (κ1) is 24.6. The van der Waals surface area contributed by atoms with Crippen LogP contribution in [0.2, 0.25) is 0 Å². The van der Waals surface area contributed by atoms with E-state index >= 15 is 0 Å². The standard InChI is InChI=1S/C19H18N6O7S3/c1-32-24-12(10-7-34-19(20)22-10)15(26)23-13-16(27)25-14(18(28)29)9(8-35(30,31)17(13)25)6-33-11-4-2-3-5-21-11/h2-5,7,13,17H,6,8H2,1H3,(H2,20,22)(H,23,26)(H,28,29)/t13?,17-/m1/s1. The van der Waals surface area contributed by atoms with Gasteiger partial charge in [-0.2, -0.15) is 0 Å². The van der Waals surface area contributed by atoms with Gasteiger partial charge < -0.3 is 21.0 Å². The summed E-state index contributed by atoms with van der Waals surface area (Å²) in [5, 5.41) is 16.3. The van der Waals surface area contributed by atoms with Crippen LogP contribution in [-0.2, 0) is 29.1 Å². The number of aliphatic carboxylic acids is 1. The number of nitrogens with zero attached hydrogens (tertiary/aromatic N) is 4. The average Bonchev–Trinajstić information content (AvgIpc) is 3.24. The molecule has 2 aliphatic heterocycles. The number of carboxylic acids is 1. The molecule has 2 aromatic heterocycles. The Morgan fingerprint density at radius 2 is 2.20 bits per heavy atom. The van der Waals surface area contributed by atoms with E-state index in [-0.39, 0.29) is 27.9 Å². The molecule has 1 unspecified atom stereocenters. The van der Waals surface area contributed by atoms with Gasteiger partial charge in [0, 0.05) is 17.3 Å². The Bertz CT molecular complexity index is 1360. The molecule has 0 bridgehead atoms. The third kappa shape index (κ3) is 4.71. The Balaban J connectivity index is 1.59. The number of oxime groups is 1. The number of thiazole rings is 1. The quantitative estimate of drug-likeness (QED) is 0.173. The summed E-state index contributed by atoms with van der Waals surface area (Å²) < 4.78 is 26.1. The lowest BCUT2D eigenvalue weighted by atomic mass is 10.0. The van der Waals surface area contributed by atoms with Crippen molar-refractivity contribution in [3.8, 4) is 0 Å². The van der Waals surface area contributed by atoms with E-state index in [1.165, 1.54) is 12.5 Å². The van der Waals surface area contributed by atoms with Crippen molar-refractivity contribution in [1.29, 1.82) is 0 Å². The lowest BCUT2D eigenvalue weighted by molar-refractivity contribution is -0.150. The van der Waals surface area contributed by atoms with Gasteiger partial charge in [0.25, 0.3) is 11.8 Å². The highest BCUT2D eigenvalue weighted by Gasteiger charge is 2.60. The van der Waals surface area contributed by atoms with E-state index in [0.717, 1.165) is 23.1 Å². The molecule has 0 aliphatic carbocycles. The van der Waals surface area contributed by atoms with Crippen molar-refractivity contribution in [2.45, 2.75) is 16.4 Å².